The molecular weight excluding hydrogens is 300 g/mol. The second-order valence-electron chi connectivity index (χ2n) is 5.75. The van der Waals surface area contributed by atoms with Gasteiger partial charge < -0.3 is 10.2 Å². The van der Waals surface area contributed by atoms with Gasteiger partial charge in [0.1, 0.15) is 0 Å². The fraction of sp³-hybridized carbons (Fsp3) is 0.625. The molecule has 0 radical (unpaired) electrons. The van der Waals surface area contributed by atoms with Crippen LogP contribution in [-0.2, 0) is 6.54 Å². The largest absolute Gasteiger partial charge is 0.368 e. The van der Waals surface area contributed by atoms with E-state index in [-0.39, 0.29) is 0 Å². The standard InChI is InChI=1S/C16H25BrN2/c1-4-18-10-14-7-8-16(15(17)9-14)19-11-12(2)5-6-13(19)3/h7-9,12-13,18H,4-6,10-11H2,1-3H3. The van der Waals surface area contributed by atoms with Crippen molar-refractivity contribution >= 4 is 21.6 Å². The predicted molar refractivity (Wildman–Crippen MR) is 86.7 cm³/mol. The van der Waals surface area contributed by atoms with E-state index in [0.717, 1.165) is 19.0 Å². The van der Waals surface area contributed by atoms with Gasteiger partial charge in [-0.05, 0) is 65.9 Å². The molecule has 1 heterocycles. The lowest BCUT2D eigenvalue weighted by Gasteiger charge is -2.39. The van der Waals surface area contributed by atoms with Crippen LogP contribution in [0.15, 0.2) is 22.7 Å². The minimum atomic E-state index is 0.645. The molecule has 0 bridgehead atoms. The molecule has 1 aliphatic rings. The smallest absolute Gasteiger partial charge is 0.0513 e. The summed E-state index contributed by atoms with van der Waals surface area (Å²) in [4.78, 5) is 2.55. The van der Waals surface area contributed by atoms with Gasteiger partial charge in [-0.15, -0.1) is 0 Å². The minimum absolute atomic E-state index is 0.645. The number of nitrogens with one attached hydrogen (secondary N) is 1. The third-order valence-electron chi connectivity index (χ3n) is 4.02. The average Bonchev–Trinajstić information content (AvgIpc) is 2.40. The van der Waals surface area contributed by atoms with Gasteiger partial charge in [-0.3, -0.25) is 0 Å². The highest BCUT2D eigenvalue weighted by Gasteiger charge is 2.24. The van der Waals surface area contributed by atoms with Crippen molar-refractivity contribution < 1.29 is 0 Å². The average molecular weight is 325 g/mol. The van der Waals surface area contributed by atoms with Crippen molar-refractivity contribution in [2.45, 2.75) is 46.2 Å². The Hall–Kier alpha value is -0.540. The Balaban J connectivity index is 2.15. The van der Waals surface area contributed by atoms with Crippen LogP contribution in [0.2, 0.25) is 0 Å². The molecular formula is C16H25BrN2. The van der Waals surface area contributed by atoms with Crippen LogP contribution in [0.5, 0.6) is 0 Å². The van der Waals surface area contributed by atoms with Crippen molar-refractivity contribution in [2.24, 2.45) is 5.92 Å². The quantitative estimate of drug-likeness (QED) is 0.893. The van der Waals surface area contributed by atoms with Gasteiger partial charge in [0, 0.05) is 23.6 Å². The van der Waals surface area contributed by atoms with Crippen LogP contribution in [-0.4, -0.2) is 19.1 Å². The van der Waals surface area contributed by atoms with E-state index in [1.54, 1.807) is 0 Å². The first-order chi connectivity index (χ1) is 9.11. The second kappa shape index (κ2) is 6.76. The molecule has 1 fully saturated rings. The molecule has 1 N–H and O–H groups in total. The van der Waals surface area contributed by atoms with E-state index in [9.17, 15) is 0 Å². The lowest BCUT2D eigenvalue weighted by Crippen LogP contribution is -2.41. The normalized spacial score (nSPS) is 23.7. The number of halogens is 1. The first kappa shape index (κ1) is 14.9. The Bertz CT molecular complexity index is 419. The molecule has 3 heteroatoms. The van der Waals surface area contributed by atoms with Gasteiger partial charge in [-0.2, -0.15) is 0 Å². The van der Waals surface area contributed by atoms with Crippen molar-refractivity contribution in [3.05, 3.63) is 28.2 Å². The fourth-order valence-corrected chi connectivity index (χ4v) is 3.44. The fourth-order valence-electron chi connectivity index (χ4n) is 2.79. The highest BCUT2D eigenvalue weighted by Crippen LogP contribution is 2.33. The van der Waals surface area contributed by atoms with E-state index in [0.29, 0.717) is 6.04 Å². The zero-order valence-electron chi connectivity index (χ0n) is 12.2. The third kappa shape index (κ3) is 3.73. The zero-order valence-corrected chi connectivity index (χ0v) is 13.8. The summed E-state index contributed by atoms with van der Waals surface area (Å²) in [6.45, 7) is 9.96. The maximum atomic E-state index is 3.75. The highest BCUT2D eigenvalue weighted by atomic mass is 79.9. The molecule has 2 nitrogen and oxygen atoms in total. The number of rotatable bonds is 4. The number of benzene rings is 1. The maximum Gasteiger partial charge on any atom is 0.0513 e. The van der Waals surface area contributed by atoms with Crippen molar-refractivity contribution in [3.8, 4) is 0 Å². The van der Waals surface area contributed by atoms with Crippen molar-refractivity contribution in [2.75, 3.05) is 18.0 Å². The SMILES string of the molecule is CCNCc1ccc(N2CC(C)CCC2C)c(Br)c1. The van der Waals surface area contributed by atoms with E-state index in [1.165, 1.54) is 35.1 Å². The number of nitrogens with zero attached hydrogens (tertiary/aromatic N) is 1. The zero-order chi connectivity index (χ0) is 13.8. The topological polar surface area (TPSA) is 15.3 Å². The molecule has 0 aromatic heterocycles. The summed E-state index contributed by atoms with van der Waals surface area (Å²) in [5, 5.41) is 3.37. The molecule has 2 atom stereocenters. The lowest BCUT2D eigenvalue weighted by molar-refractivity contribution is 0.390. The van der Waals surface area contributed by atoms with E-state index in [1.807, 2.05) is 0 Å². The van der Waals surface area contributed by atoms with Gasteiger partial charge in [-0.25, -0.2) is 0 Å². The molecule has 0 spiro atoms. The number of hydrogen-bond acceptors (Lipinski definition) is 2. The Labute approximate surface area is 125 Å². The molecule has 106 valence electrons. The van der Waals surface area contributed by atoms with E-state index in [2.05, 4.69) is 65.1 Å². The van der Waals surface area contributed by atoms with Crippen LogP contribution in [0.1, 0.15) is 39.2 Å². The summed E-state index contributed by atoms with van der Waals surface area (Å²) >= 11 is 3.75. The highest BCUT2D eigenvalue weighted by molar-refractivity contribution is 9.10. The molecule has 2 unspecified atom stereocenters. The van der Waals surface area contributed by atoms with E-state index < -0.39 is 0 Å². The Morgan fingerprint density at radius 1 is 1.32 bits per heavy atom. The molecule has 19 heavy (non-hydrogen) atoms. The third-order valence-corrected chi connectivity index (χ3v) is 4.65. The van der Waals surface area contributed by atoms with Gasteiger partial charge in [0.05, 0.1) is 5.69 Å². The van der Waals surface area contributed by atoms with Gasteiger partial charge in [0.25, 0.3) is 0 Å². The van der Waals surface area contributed by atoms with Crippen LogP contribution >= 0.6 is 15.9 Å². The minimum Gasteiger partial charge on any atom is -0.368 e. The van der Waals surface area contributed by atoms with E-state index >= 15 is 0 Å². The van der Waals surface area contributed by atoms with Crippen LogP contribution in [0, 0.1) is 5.92 Å². The first-order valence-corrected chi connectivity index (χ1v) is 8.17. The Morgan fingerprint density at radius 3 is 2.79 bits per heavy atom. The van der Waals surface area contributed by atoms with Crippen LogP contribution in [0.3, 0.4) is 0 Å². The van der Waals surface area contributed by atoms with Gasteiger partial charge >= 0.3 is 0 Å². The predicted octanol–water partition coefficient (Wildman–Crippen LogP) is 4.18. The van der Waals surface area contributed by atoms with Crippen molar-refractivity contribution in [1.82, 2.24) is 5.32 Å². The molecule has 1 aromatic rings. The van der Waals surface area contributed by atoms with Gasteiger partial charge in [0.2, 0.25) is 0 Å². The summed E-state index contributed by atoms with van der Waals surface area (Å²) in [7, 11) is 0. The Morgan fingerprint density at radius 2 is 2.11 bits per heavy atom. The van der Waals surface area contributed by atoms with Gasteiger partial charge in [-0.1, -0.05) is 19.9 Å². The summed E-state index contributed by atoms with van der Waals surface area (Å²) < 4.78 is 1.23. The van der Waals surface area contributed by atoms with Crippen molar-refractivity contribution in [1.29, 1.82) is 0 Å². The molecule has 0 saturated carbocycles. The second-order valence-corrected chi connectivity index (χ2v) is 6.60. The maximum absolute atomic E-state index is 3.75. The van der Waals surface area contributed by atoms with Crippen molar-refractivity contribution in [3.63, 3.8) is 0 Å². The summed E-state index contributed by atoms with van der Waals surface area (Å²) in [5.74, 6) is 0.796. The lowest BCUT2D eigenvalue weighted by atomic mass is 9.94. The molecule has 1 saturated heterocycles. The van der Waals surface area contributed by atoms with E-state index in [4.69, 9.17) is 0 Å². The summed E-state index contributed by atoms with van der Waals surface area (Å²) in [5.41, 5.74) is 2.69. The number of piperidine rings is 1. The summed E-state index contributed by atoms with van der Waals surface area (Å²) in [6, 6.07) is 7.41. The Kier molecular flexibility index (Phi) is 5.28. The number of hydrogen-bond donors (Lipinski definition) is 1. The number of anilines is 1. The molecule has 0 amide bonds. The molecule has 1 aliphatic heterocycles. The summed E-state index contributed by atoms with van der Waals surface area (Å²) in [6.07, 6.45) is 2.65. The molecule has 0 aliphatic carbocycles. The van der Waals surface area contributed by atoms with Gasteiger partial charge in [0.15, 0.2) is 0 Å². The van der Waals surface area contributed by atoms with Crippen LogP contribution < -0.4 is 10.2 Å². The monoisotopic (exact) mass is 324 g/mol. The van der Waals surface area contributed by atoms with Crippen LogP contribution in [0.4, 0.5) is 5.69 Å². The first-order valence-electron chi connectivity index (χ1n) is 7.37. The van der Waals surface area contributed by atoms with Crippen LogP contribution in [0.25, 0.3) is 0 Å². The molecule has 1 aromatic carbocycles. The molecule has 2 rings (SSSR count).